The fourth-order valence-corrected chi connectivity index (χ4v) is 3.60. The molecular weight excluding hydrogens is 300 g/mol. The van der Waals surface area contributed by atoms with Crippen LogP contribution in [0.4, 0.5) is 0 Å². The third-order valence-electron chi connectivity index (χ3n) is 4.66. The summed E-state index contributed by atoms with van der Waals surface area (Å²) in [5.41, 5.74) is 2.56. The summed E-state index contributed by atoms with van der Waals surface area (Å²) < 4.78 is 4.10. The molecule has 1 aliphatic heterocycles. The second-order valence-electron chi connectivity index (χ2n) is 6.32. The van der Waals surface area contributed by atoms with E-state index in [2.05, 4.69) is 57.2 Å². The van der Waals surface area contributed by atoms with Crippen LogP contribution in [0.25, 0.3) is 0 Å². The van der Waals surface area contributed by atoms with Gasteiger partial charge in [0, 0.05) is 43.9 Å². The molecule has 2 aromatic heterocycles. The van der Waals surface area contributed by atoms with E-state index in [1.54, 1.807) is 10.9 Å². The minimum Gasteiger partial charge on any atom is -0.390 e. The summed E-state index contributed by atoms with van der Waals surface area (Å²) in [6.07, 6.45) is 5.33. The first-order chi connectivity index (χ1) is 11.8. The normalized spacial score (nSPS) is 19.1. The van der Waals surface area contributed by atoms with Crippen LogP contribution in [0.3, 0.4) is 0 Å². The summed E-state index contributed by atoms with van der Waals surface area (Å²) in [5.74, 6) is 0. The van der Waals surface area contributed by atoms with Crippen LogP contribution in [0.1, 0.15) is 17.3 Å². The van der Waals surface area contributed by atoms with Crippen LogP contribution >= 0.6 is 0 Å². The molecule has 0 amide bonds. The number of benzene rings is 1. The highest BCUT2D eigenvalue weighted by Crippen LogP contribution is 2.32. The summed E-state index contributed by atoms with van der Waals surface area (Å²) >= 11 is 0. The van der Waals surface area contributed by atoms with E-state index in [0.29, 0.717) is 13.1 Å². The zero-order valence-corrected chi connectivity index (χ0v) is 13.6. The van der Waals surface area contributed by atoms with E-state index >= 15 is 0 Å². The molecule has 2 atom stereocenters. The molecule has 0 aliphatic carbocycles. The second kappa shape index (κ2) is 6.63. The Kier molecular flexibility index (Phi) is 4.19. The van der Waals surface area contributed by atoms with Crippen molar-refractivity contribution < 1.29 is 5.11 Å². The summed E-state index contributed by atoms with van der Waals surface area (Å²) in [6, 6.07) is 16.9. The van der Waals surface area contributed by atoms with Gasteiger partial charge in [-0.2, -0.15) is 5.10 Å². The Hall–Kier alpha value is -2.37. The molecule has 0 saturated carbocycles. The second-order valence-corrected chi connectivity index (χ2v) is 6.32. The van der Waals surface area contributed by atoms with Crippen LogP contribution in [0.15, 0.2) is 67.1 Å². The fraction of sp³-hybridized carbons (Fsp3) is 0.316. The summed E-state index contributed by atoms with van der Waals surface area (Å²) in [4.78, 5) is 2.37. The maximum Gasteiger partial charge on any atom is 0.0863 e. The monoisotopic (exact) mass is 322 g/mol. The largest absolute Gasteiger partial charge is 0.390 e. The Labute approximate surface area is 141 Å². The number of aliphatic hydroxyl groups is 1. The lowest BCUT2D eigenvalue weighted by atomic mass is 9.99. The first-order valence-electron chi connectivity index (χ1n) is 8.41. The highest BCUT2D eigenvalue weighted by Gasteiger charge is 2.29. The molecule has 1 aromatic carbocycles. The van der Waals surface area contributed by atoms with Crippen LogP contribution in [-0.4, -0.2) is 43.5 Å². The topological polar surface area (TPSA) is 46.2 Å². The minimum atomic E-state index is -0.447. The zero-order chi connectivity index (χ0) is 16.4. The molecule has 0 bridgehead atoms. The van der Waals surface area contributed by atoms with E-state index in [1.165, 1.54) is 11.3 Å². The van der Waals surface area contributed by atoms with Gasteiger partial charge in [-0.15, -0.1) is 0 Å². The molecule has 24 heavy (non-hydrogen) atoms. The highest BCUT2D eigenvalue weighted by molar-refractivity contribution is 5.30. The molecular formula is C19H22N4O. The molecule has 3 heterocycles. The van der Waals surface area contributed by atoms with Crippen LogP contribution in [-0.2, 0) is 13.1 Å². The molecule has 5 heteroatoms. The van der Waals surface area contributed by atoms with Crippen molar-refractivity contribution in [3.63, 3.8) is 0 Å². The van der Waals surface area contributed by atoms with Gasteiger partial charge >= 0.3 is 0 Å². The van der Waals surface area contributed by atoms with Gasteiger partial charge in [-0.25, -0.2) is 0 Å². The average molecular weight is 322 g/mol. The first-order valence-corrected chi connectivity index (χ1v) is 8.41. The number of hydrogen-bond donors (Lipinski definition) is 1. The van der Waals surface area contributed by atoms with Crippen molar-refractivity contribution in [3.05, 3.63) is 78.4 Å². The van der Waals surface area contributed by atoms with Gasteiger partial charge in [0.25, 0.3) is 0 Å². The molecule has 0 fully saturated rings. The van der Waals surface area contributed by atoms with E-state index in [9.17, 15) is 5.11 Å². The van der Waals surface area contributed by atoms with Crippen molar-refractivity contribution in [2.75, 3.05) is 13.1 Å². The van der Waals surface area contributed by atoms with Crippen molar-refractivity contribution in [1.29, 1.82) is 0 Å². The Bertz CT molecular complexity index is 766. The third-order valence-corrected chi connectivity index (χ3v) is 4.66. The smallest absolute Gasteiger partial charge is 0.0863 e. The van der Waals surface area contributed by atoms with E-state index in [1.807, 2.05) is 18.3 Å². The van der Waals surface area contributed by atoms with Crippen molar-refractivity contribution >= 4 is 0 Å². The van der Waals surface area contributed by atoms with Gasteiger partial charge in [-0.3, -0.25) is 9.58 Å². The number of fused-ring (bicyclic) bond motifs is 1. The van der Waals surface area contributed by atoms with Gasteiger partial charge in [-0.1, -0.05) is 30.3 Å². The van der Waals surface area contributed by atoms with Gasteiger partial charge in [0.1, 0.15) is 0 Å². The Morgan fingerprint density at radius 3 is 2.67 bits per heavy atom. The molecule has 0 radical (unpaired) electrons. The first kappa shape index (κ1) is 15.2. The highest BCUT2D eigenvalue weighted by atomic mass is 16.3. The molecule has 5 nitrogen and oxygen atoms in total. The Morgan fingerprint density at radius 1 is 1.00 bits per heavy atom. The van der Waals surface area contributed by atoms with E-state index in [4.69, 9.17) is 0 Å². The summed E-state index contributed by atoms with van der Waals surface area (Å²) in [7, 11) is 0. The fourth-order valence-electron chi connectivity index (χ4n) is 3.60. The van der Waals surface area contributed by atoms with Crippen LogP contribution < -0.4 is 0 Å². The molecule has 124 valence electrons. The van der Waals surface area contributed by atoms with E-state index < -0.39 is 6.10 Å². The van der Waals surface area contributed by atoms with Gasteiger partial charge in [0.2, 0.25) is 0 Å². The van der Waals surface area contributed by atoms with Crippen LogP contribution in [0.2, 0.25) is 0 Å². The number of aliphatic hydroxyl groups excluding tert-OH is 1. The molecule has 4 rings (SSSR count). The number of hydrogen-bond acceptors (Lipinski definition) is 3. The molecule has 1 aliphatic rings. The SMILES string of the molecule is O[C@@H](CN1CCn2cccc2[C@@H]1c1ccccc1)Cn1cccn1. The standard InChI is InChI=1S/C19H22N4O/c24-17(15-23-11-5-9-20-23)14-22-13-12-21-10-4-8-18(21)19(22)16-6-2-1-3-7-16/h1-11,17,19,24H,12-15H2/t17-,19-/m0/s1. The van der Waals surface area contributed by atoms with Crippen molar-refractivity contribution in [2.45, 2.75) is 25.2 Å². The van der Waals surface area contributed by atoms with Crippen molar-refractivity contribution in [3.8, 4) is 0 Å². The minimum absolute atomic E-state index is 0.183. The number of β-amino-alcohol motifs (C(OH)–C–C–N with tert-alkyl or cyclic N) is 1. The lowest BCUT2D eigenvalue weighted by molar-refractivity contribution is 0.0693. The molecule has 0 saturated heterocycles. The lowest BCUT2D eigenvalue weighted by Crippen LogP contribution is -2.43. The molecule has 3 aromatic rings. The van der Waals surface area contributed by atoms with E-state index in [0.717, 1.165) is 13.1 Å². The lowest BCUT2D eigenvalue weighted by Gasteiger charge is -2.38. The predicted octanol–water partition coefficient (Wildman–Crippen LogP) is 2.15. The molecule has 0 spiro atoms. The quantitative estimate of drug-likeness (QED) is 0.783. The average Bonchev–Trinajstić information content (AvgIpc) is 3.26. The van der Waals surface area contributed by atoms with Gasteiger partial charge in [-0.05, 0) is 23.8 Å². The Morgan fingerprint density at radius 2 is 1.88 bits per heavy atom. The van der Waals surface area contributed by atoms with Crippen molar-refractivity contribution in [1.82, 2.24) is 19.2 Å². The van der Waals surface area contributed by atoms with Crippen LogP contribution in [0.5, 0.6) is 0 Å². The van der Waals surface area contributed by atoms with Gasteiger partial charge in [0.15, 0.2) is 0 Å². The maximum absolute atomic E-state index is 10.5. The maximum atomic E-state index is 10.5. The number of aromatic nitrogens is 3. The zero-order valence-electron chi connectivity index (χ0n) is 13.6. The third kappa shape index (κ3) is 3.00. The summed E-state index contributed by atoms with van der Waals surface area (Å²) in [6.45, 7) is 3.04. The molecule has 1 N–H and O–H groups in total. The predicted molar refractivity (Wildman–Crippen MR) is 92.5 cm³/mol. The number of rotatable bonds is 5. The van der Waals surface area contributed by atoms with E-state index in [-0.39, 0.29) is 6.04 Å². The van der Waals surface area contributed by atoms with Crippen molar-refractivity contribution in [2.24, 2.45) is 0 Å². The van der Waals surface area contributed by atoms with Gasteiger partial charge < -0.3 is 9.67 Å². The summed E-state index contributed by atoms with van der Waals surface area (Å²) in [5, 5.41) is 14.7. The van der Waals surface area contributed by atoms with Crippen LogP contribution in [0, 0.1) is 0 Å². The molecule has 0 unspecified atom stereocenters. The van der Waals surface area contributed by atoms with Gasteiger partial charge in [0.05, 0.1) is 18.7 Å². The Balaban J connectivity index is 1.57. The number of nitrogens with zero attached hydrogens (tertiary/aromatic N) is 4.